The minimum Gasteiger partial charge on any atom is -0.394 e. The summed E-state index contributed by atoms with van der Waals surface area (Å²) < 4.78 is 0. The van der Waals surface area contributed by atoms with Gasteiger partial charge < -0.3 is 15.0 Å². The third-order valence-corrected chi connectivity index (χ3v) is 2.05. The van der Waals surface area contributed by atoms with Gasteiger partial charge in [0, 0.05) is 12.2 Å². The Bertz CT molecular complexity index is 87.1. The summed E-state index contributed by atoms with van der Waals surface area (Å²) in [6, 6.07) is 0. The molecule has 3 nitrogen and oxygen atoms in total. The monoisotopic (exact) mass is 164 g/mol. The van der Waals surface area contributed by atoms with E-state index in [1.165, 1.54) is 11.8 Å². The van der Waals surface area contributed by atoms with Crippen LogP contribution in [0.5, 0.6) is 0 Å². The van der Waals surface area contributed by atoms with Gasteiger partial charge in [-0.05, 0) is 5.75 Å². The third kappa shape index (κ3) is 6.07. The first kappa shape index (κ1) is 9.94. The lowest BCUT2D eigenvalue weighted by Gasteiger charge is -2.03. The van der Waals surface area contributed by atoms with Gasteiger partial charge in [-0.1, -0.05) is 0 Å². The molecular weight excluding hydrogens is 152 g/mol. The van der Waals surface area contributed by atoms with Gasteiger partial charge in [-0.2, -0.15) is 11.8 Å². The van der Waals surface area contributed by atoms with Crippen LogP contribution in [0.4, 0.5) is 0 Å². The fraction of sp³-hybridized carbons (Fsp3) is 0.833. The van der Waals surface area contributed by atoms with Crippen LogP contribution < -0.4 is 0 Å². The molecule has 0 aromatic heterocycles. The molecule has 0 aliphatic carbocycles. The molecule has 0 aromatic rings. The van der Waals surface area contributed by atoms with Crippen molar-refractivity contribution in [1.82, 2.24) is 0 Å². The molecule has 0 fully saturated rings. The summed E-state index contributed by atoms with van der Waals surface area (Å²) in [5.41, 5.74) is 0. The van der Waals surface area contributed by atoms with Crippen molar-refractivity contribution in [2.75, 3.05) is 18.1 Å². The van der Waals surface area contributed by atoms with E-state index in [1.54, 1.807) is 0 Å². The Morgan fingerprint density at radius 3 is 2.80 bits per heavy atom. The molecular formula is C6H12O3S. The fourth-order valence-electron chi connectivity index (χ4n) is 0.404. The molecule has 0 saturated carbocycles. The van der Waals surface area contributed by atoms with Gasteiger partial charge in [0.1, 0.15) is 6.29 Å². The number of carbonyl (C=O) groups excluding carboxylic acids is 1. The molecule has 0 saturated heterocycles. The number of hydrogen-bond donors (Lipinski definition) is 2. The van der Waals surface area contributed by atoms with Crippen molar-refractivity contribution in [3.05, 3.63) is 0 Å². The molecule has 0 amide bonds. The van der Waals surface area contributed by atoms with Crippen LogP contribution >= 0.6 is 11.8 Å². The molecule has 0 aliphatic rings. The maximum atomic E-state index is 9.79. The van der Waals surface area contributed by atoms with Crippen LogP contribution in [0.3, 0.4) is 0 Å². The number of carbonyl (C=O) groups is 1. The minimum atomic E-state index is -0.642. The van der Waals surface area contributed by atoms with Crippen molar-refractivity contribution in [2.24, 2.45) is 0 Å². The second kappa shape index (κ2) is 7.05. The first-order valence-electron chi connectivity index (χ1n) is 3.11. The van der Waals surface area contributed by atoms with E-state index in [-0.39, 0.29) is 6.61 Å². The predicted molar refractivity (Wildman–Crippen MR) is 41.1 cm³/mol. The zero-order valence-corrected chi connectivity index (χ0v) is 6.51. The summed E-state index contributed by atoms with van der Waals surface area (Å²) in [6.07, 6.45) is 0.720. The van der Waals surface area contributed by atoms with E-state index in [4.69, 9.17) is 10.2 Å². The summed E-state index contributed by atoms with van der Waals surface area (Å²) in [6.45, 7) is -0.200. The molecule has 0 aliphatic heterocycles. The molecule has 0 radical (unpaired) electrons. The van der Waals surface area contributed by atoms with Crippen molar-refractivity contribution in [3.63, 3.8) is 0 Å². The highest BCUT2D eigenvalue weighted by Crippen LogP contribution is 2.02. The topological polar surface area (TPSA) is 57.5 Å². The predicted octanol–water partition coefficient (Wildman–Crippen LogP) is -0.338. The van der Waals surface area contributed by atoms with Gasteiger partial charge in [0.15, 0.2) is 0 Å². The highest BCUT2D eigenvalue weighted by atomic mass is 32.2. The van der Waals surface area contributed by atoms with E-state index in [0.717, 1.165) is 12.0 Å². The lowest BCUT2D eigenvalue weighted by Crippen LogP contribution is -2.14. The number of rotatable bonds is 6. The average Bonchev–Trinajstić information content (AvgIpc) is 1.98. The van der Waals surface area contributed by atoms with Gasteiger partial charge in [0.2, 0.25) is 0 Å². The maximum Gasteiger partial charge on any atom is 0.120 e. The van der Waals surface area contributed by atoms with Crippen molar-refractivity contribution in [3.8, 4) is 0 Å². The summed E-state index contributed by atoms with van der Waals surface area (Å²) in [5.74, 6) is 1.23. The van der Waals surface area contributed by atoms with Gasteiger partial charge in [-0.3, -0.25) is 0 Å². The normalized spacial score (nSPS) is 13.0. The first-order valence-corrected chi connectivity index (χ1v) is 4.27. The second-order valence-electron chi connectivity index (χ2n) is 1.87. The van der Waals surface area contributed by atoms with E-state index in [2.05, 4.69) is 0 Å². The van der Waals surface area contributed by atoms with Gasteiger partial charge in [-0.15, -0.1) is 0 Å². The van der Waals surface area contributed by atoms with Crippen molar-refractivity contribution < 1.29 is 15.0 Å². The second-order valence-corrected chi connectivity index (χ2v) is 3.02. The van der Waals surface area contributed by atoms with Gasteiger partial charge in [0.05, 0.1) is 12.7 Å². The van der Waals surface area contributed by atoms with Crippen LogP contribution in [0.2, 0.25) is 0 Å². The Kier molecular flexibility index (Phi) is 7.01. The minimum absolute atomic E-state index is 0.200. The molecule has 10 heavy (non-hydrogen) atoms. The standard InChI is InChI=1S/C6H12O3S/c7-2-1-3-10-5-6(9)4-8/h2,6,8-9H,1,3-5H2. The zero-order chi connectivity index (χ0) is 7.82. The molecule has 0 bridgehead atoms. The van der Waals surface area contributed by atoms with Crippen LogP contribution in [0.15, 0.2) is 0 Å². The third-order valence-electron chi connectivity index (χ3n) is 0.901. The number of aliphatic hydroxyl groups excluding tert-OH is 2. The summed E-state index contributed by atoms with van der Waals surface area (Å²) in [7, 11) is 0. The number of thioether (sulfide) groups is 1. The van der Waals surface area contributed by atoms with Crippen LogP contribution in [-0.4, -0.2) is 40.7 Å². The Balaban J connectivity index is 2.95. The van der Waals surface area contributed by atoms with Crippen molar-refractivity contribution in [2.45, 2.75) is 12.5 Å². The Labute approximate surface area is 64.4 Å². The van der Waals surface area contributed by atoms with E-state index in [9.17, 15) is 4.79 Å². The molecule has 0 rings (SSSR count). The van der Waals surface area contributed by atoms with Crippen LogP contribution in [-0.2, 0) is 4.79 Å². The quantitative estimate of drug-likeness (QED) is 0.416. The van der Waals surface area contributed by atoms with Crippen LogP contribution in [0.1, 0.15) is 6.42 Å². The van der Waals surface area contributed by atoms with E-state index in [1.807, 2.05) is 0 Å². The summed E-state index contributed by atoms with van der Waals surface area (Å²) >= 11 is 1.47. The highest BCUT2D eigenvalue weighted by Gasteiger charge is 1.99. The van der Waals surface area contributed by atoms with E-state index in [0.29, 0.717) is 12.2 Å². The lowest BCUT2D eigenvalue weighted by atomic mass is 10.4. The Morgan fingerprint density at radius 1 is 1.60 bits per heavy atom. The van der Waals surface area contributed by atoms with Gasteiger partial charge >= 0.3 is 0 Å². The summed E-state index contributed by atoms with van der Waals surface area (Å²) in [5, 5.41) is 17.2. The number of aliphatic hydroxyl groups is 2. The molecule has 4 heteroatoms. The largest absolute Gasteiger partial charge is 0.394 e. The van der Waals surface area contributed by atoms with Crippen molar-refractivity contribution >= 4 is 18.0 Å². The molecule has 0 heterocycles. The highest BCUT2D eigenvalue weighted by molar-refractivity contribution is 7.99. The average molecular weight is 164 g/mol. The first-order chi connectivity index (χ1) is 4.81. The van der Waals surface area contributed by atoms with E-state index < -0.39 is 6.10 Å². The maximum absolute atomic E-state index is 9.79. The van der Waals surface area contributed by atoms with Crippen LogP contribution in [0, 0.1) is 0 Å². The SMILES string of the molecule is O=CCCSCC(O)CO. The molecule has 60 valence electrons. The van der Waals surface area contributed by atoms with Crippen molar-refractivity contribution in [1.29, 1.82) is 0 Å². The number of hydrogen-bond acceptors (Lipinski definition) is 4. The Hall–Kier alpha value is -0.0600. The van der Waals surface area contributed by atoms with Gasteiger partial charge in [-0.25, -0.2) is 0 Å². The van der Waals surface area contributed by atoms with E-state index >= 15 is 0 Å². The zero-order valence-electron chi connectivity index (χ0n) is 5.69. The molecule has 2 N–H and O–H groups in total. The lowest BCUT2D eigenvalue weighted by molar-refractivity contribution is -0.107. The Morgan fingerprint density at radius 2 is 2.30 bits per heavy atom. The smallest absolute Gasteiger partial charge is 0.120 e. The van der Waals surface area contributed by atoms with Gasteiger partial charge in [0.25, 0.3) is 0 Å². The molecule has 1 atom stereocenters. The van der Waals surface area contributed by atoms with Crippen LogP contribution in [0.25, 0.3) is 0 Å². The fourth-order valence-corrected chi connectivity index (χ4v) is 1.21. The molecule has 0 spiro atoms. The molecule has 1 unspecified atom stereocenters. The number of aldehydes is 1. The molecule has 0 aromatic carbocycles. The summed E-state index contributed by atoms with van der Waals surface area (Å²) in [4.78, 5) is 9.79.